The van der Waals surface area contributed by atoms with E-state index in [2.05, 4.69) is 33.5 Å². The van der Waals surface area contributed by atoms with Crippen molar-refractivity contribution in [2.24, 2.45) is 0 Å². The smallest absolute Gasteiger partial charge is 0.246 e. The van der Waals surface area contributed by atoms with E-state index in [0.717, 1.165) is 59.5 Å². The van der Waals surface area contributed by atoms with Crippen LogP contribution in [-0.4, -0.2) is 43.0 Å². The van der Waals surface area contributed by atoms with Gasteiger partial charge in [0, 0.05) is 41.6 Å². The molecule has 34 heavy (non-hydrogen) atoms. The van der Waals surface area contributed by atoms with Gasteiger partial charge in [-0.05, 0) is 61.2 Å². The van der Waals surface area contributed by atoms with Crippen LogP contribution in [0.15, 0.2) is 48.7 Å². The van der Waals surface area contributed by atoms with Gasteiger partial charge in [0.1, 0.15) is 11.8 Å². The third-order valence-corrected chi connectivity index (χ3v) is 6.41. The molecule has 1 saturated heterocycles. The molecule has 7 heteroatoms. The van der Waals surface area contributed by atoms with Crippen LogP contribution >= 0.6 is 0 Å². The Morgan fingerprint density at radius 1 is 1.15 bits per heavy atom. The van der Waals surface area contributed by atoms with E-state index in [1.165, 1.54) is 12.8 Å². The molecule has 1 fully saturated rings. The molecule has 7 nitrogen and oxygen atoms in total. The first-order chi connectivity index (χ1) is 16.6. The number of hydrogen-bond donors (Lipinski definition) is 3. The summed E-state index contributed by atoms with van der Waals surface area (Å²) in [6, 6.07) is 13.1. The van der Waals surface area contributed by atoms with Crippen LogP contribution in [0.4, 0.5) is 11.4 Å². The average molecular weight is 463 g/mol. The molecule has 3 aromatic rings. The molecule has 2 heterocycles. The minimum Gasteiger partial charge on any atom is -0.497 e. The van der Waals surface area contributed by atoms with E-state index >= 15 is 0 Å². The number of fused-ring (bicyclic) bond motifs is 1. The van der Waals surface area contributed by atoms with Gasteiger partial charge in [0.05, 0.1) is 13.5 Å². The molecule has 1 aliphatic rings. The lowest BCUT2D eigenvalue weighted by Crippen LogP contribution is -2.44. The number of H-pyrrole nitrogens is 1. The van der Waals surface area contributed by atoms with E-state index in [0.29, 0.717) is 6.42 Å². The predicted octanol–water partition coefficient (Wildman–Crippen LogP) is 4.63. The largest absolute Gasteiger partial charge is 0.497 e. The monoisotopic (exact) mass is 462 g/mol. The molecule has 180 valence electrons. The first-order valence-electron chi connectivity index (χ1n) is 12.2. The van der Waals surface area contributed by atoms with E-state index in [4.69, 9.17) is 4.74 Å². The van der Waals surface area contributed by atoms with Gasteiger partial charge in [0.15, 0.2) is 0 Å². The molecule has 2 aromatic carbocycles. The lowest BCUT2D eigenvalue weighted by molar-refractivity contribution is -0.126. The zero-order valence-electron chi connectivity index (χ0n) is 20.0. The number of rotatable bonds is 10. The third-order valence-electron chi connectivity index (χ3n) is 6.41. The number of anilines is 2. The first-order valence-corrected chi connectivity index (χ1v) is 12.2. The van der Waals surface area contributed by atoms with E-state index in [1.807, 2.05) is 42.6 Å². The lowest BCUT2D eigenvalue weighted by atomic mass is 10.1. The van der Waals surface area contributed by atoms with Crippen LogP contribution in [0.25, 0.3) is 10.9 Å². The van der Waals surface area contributed by atoms with Gasteiger partial charge >= 0.3 is 0 Å². The minimum atomic E-state index is -0.581. The summed E-state index contributed by atoms with van der Waals surface area (Å²) in [5.74, 6) is 0.386. The number of methoxy groups -OCH3 is 1. The number of nitrogens with one attached hydrogen (secondary N) is 3. The van der Waals surface area contributed by atoms with Crippen molar-refractivity contribution in [2.75, 3.05) is 30.4 Å². The van der Waals surface area contributed by atoms with Gasteiger partial charge < -0.3 is 25.3 Å². The standard InChI is InChI=1S/C27H34N4O3/c1-3-4-10-25(27(33)29-20-8-7-9-21(16-20)31-13-5-6-14-31)30-26(32)15-19-18-28-24-12-11-22(34-2)17-23(19)24/h7-9,11-12,16-18,25,28H,3-6,10,13-15H2,1-2H3,(H,29,33)(H,30,32). The molecular formula is C27H34N4O3. The van der Waals surface area contributed by atoms with Crippen LogP contribution < -0.4 is 20.3 Å². The van der Waals surface area contributed by atoms with Crippen LogP contribution in [0.3, 0.4) is 0 Å². The Labute approximate surface area is 200 Å². The Morgan fingerprint density at radius 2 is 1.97 bits per heavy atom. The summed E-state index contributed by atoms with van der Waals surface area (Å²) >= 11 is 0. The summed E-state index contributed by atoms with van der Waals surface area (Å²) in [7, 11) is 1.62. The normalized spacial score (nSPS) is 14.2. The van der Waals surface area contributed by atoms with Crippen LogP contribution in [0, 0.1) is 0 Å². The summed E-state index contributed by atoms with van der Waals surface area (Å²) < 4.78 is 5.32. The minimum absolute atomic E-state index is 0.175. The number of ether oxygens (including phenoxy) is 1. The average Bonchev–Trinajstić information content (AvgIpc) is 3.52. The number of aromatic nitrogens is 1. The van der Waals surface area contributed by atoms with Crippen molar-refractivity contribution in [3.63, 3.8) is 0 Å². The van der Waals surface area contributed by atoms with Crippen molar-refractivity contribution in [1.29, 1.82) is 0 Å². The van der Waals surface area contributed by atoms with E-state index in [1.54, 1.807) is 7.11 Å². The number of carbonyl (C=O) groups is 2. The Morgan fingerprint density at radius 3 is 2.74 bits per heavy atom. The van der Waals surface area contributed by atoms with Gasteiger partial charge in [-0.25, -0.2) is 0 Å². The van der Waals surface area contributed by atoms with Crippen molar-refractivity contribution in [1.82, 2.24) is 10.3 Å². The van der Waals surface area contributed by atoms with E-state index in [-0.39, 0.29) is 18.2 Å². The van der Waals surface area contributed by atoms with Gasteiger partial charge in [0.25, 0.3) is 0 Å². The molecule has 2 amide bonds. The molecule has 0 saturated carbocycles. The number of carbonyl (C=O) groups excluding carboxylic acids is 2. The Kier molecular flexibility index (Phi) is 7.72. The second-order valence-electron chi connectivity index (χ2n) is 8.90. The van der Waals surface area contributed by atoms with E-state index in [9.17, 15) is 9.59 Å². The van der Waals surface area contributed by atoms with Crippen LogP contribution in [0.2, 0.25) is 0 Å². The summed E-state index contributed by atoms with van der Waals surface area (Å²) in [4.78, 5) is 31.6. The summed E-state index contributed by atoms with van der Waals surface area (Å²) in [6.07, 6.45) is 6.84. The molecule has 1 aromatic heterocycles. The van der Waals surface area contributed by atoms with Crippen LogP contribution in [-0.2, 0) is 16.0 Å². The first kappa shape index (κ1) is 23.7. The quantitative estimate of drug-likeness (QED) is 0.410. The molecule has 1 atom stereocenters. The number of hydrogen-bond acceptors (Lipinski definition) is 4. The highest BCUT2D eigenvalue weighted by Gasteiger charge is 2.22. The highest BCUT2D eigenvalue weighted by Crippen LogP contribution is 2.25. The van der Waals surface area contributed by atoms with Crippen molar-refractivity contribution >= 4 is 34.1 Å². The fraction of sp³-hybridized carbons (Fsp3) is 0.407. The molecular weight excluding hydrogens is 428 g/mol. The molecule has 0 spiro atoms. The third kappa shape index (κ3) is 5.71. The van der Waals surface area contributed by atoms with E-state index < -0.39 is 6.04 Å². The second kappa shape index (κ2) is 11.1. The van der Waals surface area contributed by atoms with Crippen molar-refractivity contribution in [3.8, 4) is 5.75 Å². The summed E-state index contributed by atoms with van der Waals surface area (Å²) in [5, 5.41) is 6.93. The van der Waals surface area contributed by atoms with Gasteiger partial charge in [-0.3, -0.25) is 9.59 Å². The molecule has 0 radical (unpaired) electrons. The van der Waals surface area contributed by atoms with Gasteiger partial charge in [-0.1, -0.05) is 25.8 Å². The number of unbranched alkanes of at least 4 members (excludes halogenated alkanes) is 1. The number of nitrogens with zero attached hydrogens (tertiary/aromatic N) is 1. The maximum atomic E-state index is 13.1. The molecule has 4 rings (SSSR count). The molecule has 1 unspecified atom stereocenters. The second-order valence-corrected chi connectivity index (χ2v) is 8.90. The van der Waals surface area contributed by atoms with Crippen LogP contribution in [0.1, 0.15) is 44.6 Å². The molecule has 3 N–H and O–H groups in total. The van der Waals surface area contributed by atoms with Crippen molar-refractivity contribution < 1.29 is 14.3 Å². The highest BCUT2D eigenvalue weighted by molar-refractivity contribution is 5.98. The molecule has 0 aliphatic carbocycles. The lowest BCUT2D eigenvalue weighted by Gasteiger charge is -2.21. The fourth-order valence-electron chi connectivity index (χ4n) is 4.51. The van der Waals surface area contributed by atoms with Gasteiger partial charge in [0.2, 0.25) is 11.8 Å². The van der Waals surface area contributed by atoms with Crippen LogP contribution in [0.5, 0.6) is 5.75 Å². The Hall–Kier alpha value is -3.48. The fourth-order valence-corrected chi connectivity index (χ4v) is 4.51. The van der Waals surface area contributed by atoms with Crippen molar-refractivity contribution in [2.45, 2.75) is 51.5 Å². The van der Waals surface area contributed by atoms with Gasteiger partial charge in [-0.2, -0.15) is 0 Å². The zero-order chi connectivity index (χ0) is 23.9. The molecule has 0 bridgehead atoms. The number of benzene rings is 2. The topological polar surface area (TPSA) is 86.5 Å². The maximum absolute atomic E-state index is 13.1. The maximum Gasteiger partial charge on any atom is 0.246 e. The van der Waals surface area contributed by atoms with Gasteiger partial charge in [-0.15, -0.1) is 0 Å². The Bertz CT molecular complexity index is 1130. The number of aromatic amines is 1. The predicted molar refractivity (Wildman–Crippen MR) is 137 cm³/mol. The summed E-state index contributed by atoms with van der Waals surface area (Å²) in [5.41, 5.74) is 3.70. The SMILES string of the molecule is CCCCC(NC(=O)Cc1c[nH]c2ccc(OC)cc12)C(=O)Nc1cccc(N2CCCC2)c1. The Balaban J connectivity index is 1.42. The van der Waals surface area contributed by atoms with Crippen molar-refractivity contribution in [3.05, 3.63) is 54.2 Å². The zero-order valence-corrected chi connectivity index (χ0v) is 20.0. The molecule has 1 aliphatic heterocycles. The number of amides is 2. The highest BCUT2D eigenvalue weighted by atomic mass is 16.5. The summed E-state index contributed by atoms with van der Waals surface area (Å²) in [6.45, 7) is 4.17.